The van der Waals surface area contributed by atoms with Gasteiger partial charge >= 0.3 is 6.03 Å². The summed E-state index contributed by atoms with van der Waals surface area (Å²) in [5.74, 6) is -0.492. The smallest absolute Gasteiger partial charge is 0.318 e. The van der Waals surface area contributed by atoms with Crippen LogP contribution in [0.4, 0.5) is 4.79 Å². The van der Waals surface area contributed by atoms with Crippen molar-refractivity contribution < 1.29 is 19.0 Å². The Balaban J connectivity index is 1.30. The first-order valence-electron chi connectivity index (χ1n) is 9.25. The van der Waals surface area contributed by atoms with Gasteiger partial charge in [-0.1, -0.05) is 30.3 Å². The average molecular weight is 346 g/mol. The zero-order valence-corrected chi connectivity index (χ0v) is 14.5. The predicted molar refractivity (Wildman–Crippen MR) is 92.1 cm³/mol. The second-order valence-electron chi connectivity index (χ2n) is 7.02. The van der Waals surface area contributed by atoms with Crippen molar-refractivity contribution >= 4 is 6.03 Å². The molecule has 0 bridgehead atoms. The summed E-state index contributed by atoms with van der Waals surface area (Å²) in [5.41, 5.74) is 1.21. The number of rotatable bonds is 3. The van der Waals surface area contributed by atoms with E-state index in [9.17, 15) is 4.79 Å². The Labute approximate surface area is 148 Å². The van der Waals surface area contributed by atoms with Gasteiger partial charge in [-0.05, 0) is 18.4 Å². The van der Waals surface area contributed by atoms with Gasteiger partial charge in [0.05, 0.1) is 25.9 Å². The van der Waals surface area contributed by atoms with E-state index in [0.717, 1.165) is 32.2 Å². The van der Waals surface area contributed by atoms with Crippen molar-refractivity contribution in [2.75, 3.05) is 32.9 Å². The summed E-state index contributed by atoms with van der Waals surface area (Å²) in [5, 5.41) is 3.04. The molecule has 3 fully saturated rings. The largest absolute Gasteiger partial charge is 0.381 e. The molecule has 1 spiro atoms. The first-order valence-corrected chi connectivity index (χ1v) is 9.25. The van der Waals surface area contributed by atoms with Gasteiger partial charge in [0.2, 0.25) is 0 Å². The van der Waals surface area contributed by atoms with Crippen LogP contribution in [0.5, 0.6) is 0 Å². The molecule has 136 valence electrons. The number of carbonyl (C=O) groups is 1. The van der Waals surface area contributed by atoms with E-state index in [-0.39, 0.29) is 18.2 Å². The van der Waals surface area contributed by atoms with Gasteiger partial charge < -0.3 is 24.4 Å². The Kier molecular flexibility index (Phi) is 4.92. The van der Waals surface area contributed by atoms with E-state index in [1.165, 1.54) is 5.56 Å². The first kappa shape index (κ1) is 16.8. The molecule has 0 saturated carbocycles. The molecule has 2 amide bonds. The second-order valence-corrected chi connectivity index (χ2v) is 7.02. The number of carbonyl (C=O) groups excluding carboxylic acids is 1. The molecule has 1 aromatic carbocycles. The molecule has 0 aromatic heterocycles. The van der Waals surface area contributed by atoms with Crippen LogP contribution in [0.25, 0.3) is 0 Å². The minimum atomic E-state index is -0.492. The summed E-state index contributed by atoms with van der Waals surface area (Å²) >= 11 is 0. The summed E-state index contributed by atoms with van der Waals surface area (Å²) in [7, 11) is 0. The molecule has 25 heavy (non-hydrogen) atoms. The Morgan fingerprint density at radius 3 is 2.84 bits per heavy atom. The Bertz CT molecular complexity index is 588. The number of nitrogens with one attached hydrogen (secondary N) is 1. The van der Waals surface area contributed by atoms with Crippen molar-refractivity contribution in [1.82, 2.24) is 10.2 Å². The van der Waals surface area contributed by atoms with Crippen molar-refractivity contribution in [3.8, 4) is 0 Å². The molecule has 1 aromatic rings. The Hall–Kier alpha value is -1.63. The van der Waals surface area contributed by atoms with Gasteiger partial charge in [0.1, 0.15) is 6.10 Å². The summed E-state index contributed by atoms with van der Waals surface area (Å²) in [6.45, 7) is 3.16. The Morgan fingerprint density at radius 2 is 2.04 bits per heavy atom. The molecule has 2 unspecified atom stereocenters. The van der Waals surface area contributed by atoms with Crippen LogP contribution in [-0.2, 0) is 14.2 Å². The van der Waals surface area contributed by atoms with E-state index in [1.54, 1.807) is 0 Å². The van der Waals surface area contributed by atoms with Crippen molar-refractivity contribution in [3.63, 3.8) is 0 Å². The minimum Gasteiger partial charge on any atom is -0.381 e. The van der Waals surface area contributed by atoms with Gasteiger partial charge in [0.25, 0.3) is 0 Å². The van der Waals surface area contributed by atoms with Crippen molar-refractivity contribution in [3.05, 3.63) is 35.9 Å². The predicted octanol–water partition coefficient (Wildman–Crippen LogP) is 2.46. The number of hydrogen-bond acceptors (Lipinski definition) is 4. The summed E-state index contributed by atoms with van der Waals surface area (Å²) in [4.78, 5) is 14.6. The third-order valence-corrected chi connectivity index (χ3v) is 5.35. The van der Waals surface area contributed by atoms with E-state index in [0.29, 0.717) is 26.4 Å². The SMILES string of the molecule is O=C(NCC1COC2(CCOCC2)O1)N1CCCC1c1ccccc1. The number of hydrogen-bond donors (Lipinski definition) is 1. The van der Waals surface area contributed by atoms with E-state index >= 15 is 0 Å². The highest BCUT2D eigenvalue weighted by molar-refractivity contribution is 5.75. The molecule has 3 saturated heterocycles. The van der Waals surface area contributed by atoms with Crippen LogP contribution in [0.15, 0.2) is 30.3 Å². The van der Waals surface area contributed by atoms with Crippen LogP contribution in [-0.4, -0.2) is 55.7 Å². The van der Waals surface area contributed by atoms with E-state index in [4.69, 9.17) is 14.2 Å². The highest BCUT2D eigenvalue weighted by Gasteiger charge is 2.43. The van der Waals surface area contributed by atoms with Crippen molar-refractivity contribution in [2.45, 2.75) is 43.6 Å². The highest BCUT2D eigenvalue weighted by Crippen LogP contribution is 2.34. The lowest BCUT2D eigenvalue weighted by Gasteiger charge is -2.31. The van der Waals surface area contributed by atoms with Crippen LogP contribution in [0, 0.1) is 0 Å². The molecule has 4 rings (SSSR count). The lowest BCUT2D eigenvalue weighted by molar-refractivity contribution is -0.210. The zero-order valence-electron chi connectivity index (χ0n) is 14.5. The highest BCUT2D eigenvalue weighted by atomic mass is 16.7. The van der Waals surface area contributed by atoms with Gasteiger partial charge in [-0.2, -0.15) is 0 Å². The third-order valence-electron chi connectivity index (χ3n) is 5.35. The van der Waals surface area contributed by atoms with E-state index < -0.39 is 5.79 Å². The van der Waals surface area contributed by atoms with Crippen molar-refractivity contribution in [1.29, 1.82) is 0 Å². The number of benzene rings is 1. The minimum absolute atomic E-state index is 0.0112. The van der Waals surface area contributed by atoms with Gasteiger partial charge in [-0.15, -0.1) is 0 Å². The summed E-state index contributed by atoms with van der Waals surface area (Å²) < 4.78 is 17.3. The number of amides is 2. The molecule has 3 aliphatic rings. The fourth-order valence-electron chi connectivity index (χ4n) is 4.00. The maximum absolute atomic E-state index is 12.7. The molecule has 3 heterocycles. The van der Waals surface area contributed by atoms with Crippen LogP contribution in [0.3, 0.4) is 0 Å². The van der Waals surface area contributed by atoms with Crippen molar-refractivity contribution in [2.24, 2.45) is 0 Å². The summed E-state index contributed by atoms with van der Waals surface area (Å²) in [6, 6.07) is 10.4. The fraction of sp³-hybridized carbons (Fsp3) is 0.632. The molecular weight excluding hydrogens is 320 g/mol. The third kappa shape index (κ3) is 3.66. The maximum Gasteiger partial charge on any atom is 0.318 e. The average Bonchev–Trinajstić information content (AvgIpc) is 3.29. The molecule has 3 aliphatic heterocycles. The lowest BCUT2D eigenvalue weighted by atomic mass is 10.1. The van der Waals surface area contributed by atoms with Crippen LogP contribution in [0.2, 0.25) is 0 Å². The molecule has 1 N–H and O–H groups in total. The van der Waals surface area contributed by atoms with E-state index in [1.807, 2.05) is 23.1 Å². The van der Waals surface area contributed by atoms with Gasteiger partial charge in [-0.25, -0.2) is 4.79 Å². The second kappa shape index (κ2) is 7.32. The number of ether oxygens (including phenoxy) is 3. The monoisotopic (exact) mass is 346 g/mol. The van der Waals surface area contributed by atoms with Crippen LogP contribution >= 0.6 is 0 Å². The molecule has 2 atom stereocenters. The van der Waals surface area contributed by atoms with Crippen LogP contribution in [0.1, 0.15) is 37.3 Å². The zero-order chi connectivity index (χ0) is 17.1. The molecule has 6 nitrogen and oxygen atoms in total. The molecule has 0 radical (unpaired) electrons. The maximum atomic E-state index is 12.7. The van der Waals surface area contributed by atoms with Crippen LogP contribution < -0.4 is 5.32 Å². The van der Waals surface area contributed by atoms with Gasteiger partial charge in [-0.3, -0.25) is 0 Å². The number of likely N-dealkylation sites (tertiary alicyclic amines) is 1. The lowest BCUT2D eigenvalue weighted by Crippen LogP contribution is -2.44. The molecule has 6 heteroatoms. The molecule has 0 aliphatic carbocycles. The van der Waals surface area contributed by atoms with Gasteiger partial charge in [0.15, 0.2) is 5.79 Å². The number of urea groups is 1. The molecular formula is C19H26N2O4. The van der Waals surface area contributed by atoms with Gasteiger partial charge in [0, 0.05) is 25.9 Å². The quantitative estimate of drug-likeness (QED) is 0.913. The summed E-state index contributed by atoms with van der Waals surface area (Å²) in [6.07, 6.45) is 3.50. The standard InChI is InChI=1S/C19H26N2O4/c22-18(21-10-4-7-17(21)15-5-2-1-3-6-15)20-13-16-14-24-19(25-16)8-11-23-12-9-19/h1-3,5-6,16-17H,4,7-14H2,(H,20,22). The normalized spacial score (nSPS) is 28.4. The Morgan fingerprint density at radius 1 is 1.24 bits per heavy atom. The topological polar surface area (TPSA) is 60.0 Å². The number of nitrogens with zero attached hydrogens (tertiary/aromatic N) is 1. The fourth-order valence-corrected chi connectivity index (χ4v) is 4.00. The first-order chi connectivity index (χ1) is 12.3. The van der Waals surface area contributed by atoms with E-state index in [2.05, 4.69) is 17.4 Å².